The topological polar surface area (TPSA) is 29.5 Å². The van der Waals surface area contributed by atoms with Crippen LogP contribution < -0.4 is 0 Å². The molecule has 1 aliphatic heterocycles. The normalized spacial score (nSPS) is 19.6. The molecule has 13 heavy (non-hydrogen) atoms. The van der Waals surface area contributed by atoms with Crippen LogP contribution in [0.15, 0.2) is 18.2 Å². The first-order chi connectivity index (χ1) is 6.12. The van der Waals surface area contributed by atoms with Gasteiger partial charge in [0.25, 0.3) is 0 Å². The summed E-state index contributed by atoms with van der Waals surface area (Å²) < 4.78 is 30.6. The third kappa shape index (κ3) is 1.32. The van der Waals surface area contributed by atoms with Crippen molar-refractivity contribution in [2.75, 3.05) is 13.2 Å². The number of aliphatic hydroxyl groups is 1. The Bertz CT molecular complexity index is 334. The van der Waals surface area contributed by atoms with E-state index in [9.17, 15) is 13.9 Å². The van der Waals surface area contributed by atoms with Crippen molar-refractivity contribution in [1.29, 1.82) is 0 Å². The molecular formula is C9H8F2O2. The fourth-order valence-corrected chi connectivity index (χ4v) is 1.31. The molecule has 0 unspecified atom stereocenters. The highest BCUT2D eigenvalue weighted by atomic mass is 19.1. The van der Waals surface area contributed by atoms with Gasteiger partial charge in [0.2, 0.25) is 0 Å². The van der Waals surface area contributed by atoms with Gasteiger partial charge in [-0.3, -0.25) is 0 Å². The maximum Gasteiger partial charge on any atom is 0.139 e. The summed E-state index contributed by atoms with van der Waals surface area (Å²) in [6, 6.07) is 3.01. The van der Waals surface area contributed by atoms with E-state index in [-0.39, 0.29) is 18.8 Å². The first kappa shape index (κ1) is 8.59. The number of halogens is 2. The molecule has 1 saturated heterocycles. The highest BCUT2D eigenvalue weighted by Gasteiger charge is 2.40. The van der Waals surface area contributed by atoms with Crippen LogP contribution in [0.4, 0.5) is 8.78 Å². The molecule has 1 N–H and O–H groups in total. The largest absolute Gasteiger partial charge is 0.380 e. The van der Waals surface area contributed by atoms with E-state index in [1.54, 1.807) is 0 Å². The summed E-state index contributed by atoms with van der Waals surface area (Å²) in [5, 5.41) is 9.65. The Kier molecular flexibility index (Phi) is 1.82. The zero-order chi connectivity index (χ0) is 9.47. The summed E-state index contributed by atoms with van der Waals surface area (Å²) in [4.78, 5) is 0. The van der Waals surface area contributed by atoms with E-state index in [1.807, 2.05) is 0 Å². The van der Waals surface area contributed by atoms with E-state index >= 15 is 0 Å². The fourth-order valence-electron chi connectivity index (χ4n) is 1.31. The molecule has 0 saturated carbocycles. The van der Waals surface area contributed by atoms with Crippen LogP contribution >= 0.6 is 0 Å². The van der Waals surface area contributed by atoms with Gasteiger partial charge in [0.05, 0.1) is 13.2 Å². The Morgan fingerprint density at radius 2 is 2.00 bits per heavy atom. The summed E-state index contributed by atoms with van der Waals surface area (Å²) in [5.41, 5.74) is -1.37. The molecule has 0 radical (unpaired) electrons. The van der Waals surface area contributed by atoms with Crippen LogP contribution in [0.2, 0.25) is 0 Å². The third-order valence-corrected chi connectivity index (χ3v) is 2.11. The average Bonchev–Trinajstić information content (AvgIpc) is 2.05. The maximum absolute atomic E-state index is 13.1. The van der Waals surface area contributed by atoms with Gasteiger partial charge in [-0.25, -0.2) is 8.78 Å². The maximum atomic E-state index is 13.1. The van der Waals surface area contributed by atoms with Crippen molar-refractivity contribution in [3.05, 3.63) is 35.4 Å². The summed E-state index contributed by atoms with van der Waals surface area (Å²) in [6.45, 7) is 0.0424. The first-order valence-corrected chi connectivity index (χ1v) is 3.87. The fraction of sp³-hybridized carbons (Fsp3) is 0.333. The van der Waals surface area contributed by atoms with E-state index in [4.69, 9.17) is 4.74 Å². The van der Waals surface area contributed by atoms with Crippen molar-refractivity contribution in [2.45, 2.75) is 5.60 Å². The van der Waals surface area contributed by atoms with Crippen LogP contribution in [0.25, 0.3) is 0 Å². The van der Waals surface area contributed by atoms with E-state index in [0.29, 0.717) is 0 Å². The quantitative estimate of drug-likeness (QED) is 0.713. The lowest BCUT2D eigenvalue weighted by Gasteiger charge is -2.36. The number of ether oxygens (including phenoxy) is 1. The number of rotatable bonds is 1. The molecule has 0 spiro atoms. The van der Waals surface area contributed by atoms with Gasteiger partial charge in [0, 0.05) is 5.56 Å². The number of hydrogen-bond acceptors (Lipinski definition) is 2. The van der Waals surface area contributed by atoms with Gasteiger partial charge in [-0.1, -0.05) is 0 Å². The molecule has 1 aliphatic rings. The van der Waals surface area contributed by atoms with Gasteiger partial charge in [0.15, 0.2) is 0 Å². The van der Waals surface area contributed by atoms with Crippen LogP contribution in [0.1, 0.15) is 5.56 Å². The van der Waals surface area contributed by atoms with Gasteiger partial charge < -0.3 is 9.84 Å². The number of benzene rings is 1. The highest BCUT2D eigenvalue weighted by Crippen LogP contribution is 2.31. The van der Waals surface area contributed by atoms with Gasteiger partial charge >= 0.3 is 0 Å². The molecule has 0 aromatic heterocycles. The van der Waals surface area contributed by atoms with Crippen LogP contribution in [-0.2, 0) is 10.3 Å². The summed E-state index contributed by atoms with van der Waals surface area (Å²) in [5.74, 6) is -1.16. The minimum absolute atomic E-state index is 0.0212. The van der Waals surface area contributed by atoms with Gasteiger partial charge in [-0.05, 0) is 18.2 Å². The van der Waals surface area contributed by atoms with E-state index in [0.717, 1.165) is 18.2 Å². The van der Waals surface area contributed by atoms with Crippen molar-refractivity contribution in [3.8, 4) is 0 Å². The Balaban J connectivity index is 2.43. The molecule has 0 atom stereocenters. The smallest absolute Gasteiger partial charge is 0.139 e. The van der Waals surface area contributed by atoms with E-state index < -0.39 is 17.2 Å². The van der Waals surface area contributed by atoms with Crippen molar-refractivity contribution >= 4 is 0 Å². The molecule has 70 valence electrons. The molecule has 2 rings (SSSR count). The SMILES string of the molecule is OC1(c2cc(F)ccc2F)COC1. The van der Waals surface area contributed by atoms with Crippen molar-refractivity contribution in [1.82, 2.24) is 0 Å². The molecule has 0 aliphatic carbocycles. The third-order valence-electron chi connectivity index (χ3n) is 2.11. The Morgan fingerprint density at radius 1 is 1.31 bits per heavy atom. The minimum Gasteiger partial charge on any atom is -0.380 e. The predicted molar refractivity (Wildman–Crippen MR) is 41.1 cm³/mol. The monoisotopic (exact) mass is 186 g/mol. The van der Waals surface area contributed by atoms with E-state index in [1.165, 1.54) is 0 Å². The zero-order valence-electron chi connectivity index (χ0n) is 6.76. The van der Waals surface area contributed by atoms with Crippen LogP contribution in [-0.4, -0.2) is 18.3 Å². The second-order valence-electron chi connectivity index (χ2n) is 3.15. The Labute approximate surface area is 73.8 Å². The lowest BCUT2D eigenvalue weighted by molar-refractivity contribution is -0.186. The lowest BCUT2D eigenvalue weighted by atomic mass is 9.91. The van der Waals surface area contributed by atoms with Crippen LogP contribution in [0.3, 0.4) is 0 Å². The summed E-state index contributed by atoms with van der Waals surface area (Å²) in [6.07, 6.45) is 0. The highest BCUT2D eigenvalue weighted by molar-refractivity contribution is 5.27. The average molecular weight is 186 g/mol. The summed E-state index contributed by atoms with van der Waals surface area (Å²) >= 11 is 0. The second-order valence-corrected chi connectivity index (χ2v) is 3.15. The minimum atomic E-state index is -1.34. The van der Waals surface area contributed by atoms with Crippen molar-refractivity contribution in [2.24, 2.45) is 0 Å². The molecule has 1 fully saturated rings. The molecule has 1 aromatic rings. The van der Waals surface area contributed by atoms with E-state index in [2.05, 4.69) is 0 Å². The van der Waals surface area contributed by atoms with Crippen molar-refractivity contribution < 1.29 is 18.6 Å². The molecule has 0 amide bonds. The van der Waals surface area contributed by atoms with Gasteiger partial charge in [-0.15, -0.1) is 0 Å². The van der Waals surface area contributed by atoms with Gasteiger partial charge in [-0.2, -0.15) is 0 Å². The number of hydrogen-bond donors (Lipinski definition) is 1. The van der Waals surface area contributed by atoms with Crippen LogP contribution in [0, 0.1) is 11.6 Å². The lowest BCUT2D eigenvalue weighted by Crippen LogP contribution is -2.47. The Morgan fingerprint density at radius 3 is 2.54 bits per heavy atom. The molecule has 1 heterocycles. The first-order valence-electron chi connectivity index (χ1n) is 3.87. The molecule has 1 aromatic carbocycles. The zero-order valence-corrected chi connectivity index (χ0v) is 6.76. The predicted octanol–water partition coefficient (Wildman–Crippen LogP) is 1.18. The Hall–Kier alpha value is -1.00. The second kappa shape index (κ2) is 2.75. The van der Waals surface area contributed by atoms with Crippen LogP contribution in [0.5, 0.6) is 0 Å². The van der Waals surface area contributed by atoms with Crippen molar-refractivity contribution in [3.63, 3.8) is 0 Å². The molecule has 2 nitrogen and oxygen atoms in total. The summed E-state index contributed by atoms with van der Waals surface area (Å²) in [7, 11) is 0. The molecule has 4 heteroatoms. The molecular weight excluding hydrogens is 178 g/mol. The molecule has 0 bridgehead atoms. The van der Waals surface area contributed by atoms with Gasteiger partial charge in [0.1, 0.15) is 17.2 Å². The standard InChI is InChI=1S/C9H8F2O2/c10-6-1-2-8(11)7(3-6)9(12)4-13-5-9/h1-3,12H,4-5H2.